The Kier molecular flexibility index (Phi) is 8.39. The zero-order valence-corrected chi connectivity index (χ0v) is 24.3. The van der Waals surface area contributed by atoms with E-state index in [2.05, 4.69) is 13.8 Å². The Morgan fingerprint density at radius 2 is 1.62 bits per heavy atom. The summed E-state index contributed by atoms with van der Waals surface area (Å²) in [5, 5.41) is 0. The molecule has 1 saturated heterocycles. The quantitative estimate of drug-likeness (QED) is 0.310. The Balaban J connectivity index is 1.76. The molecule has 0 N–H and O–H groups in total. The van der Waals surface area contributed by atoms with Gasteiger partial charge in [-0.05, 0) is 84.1 Å². The zero-order valence-electron chi connectivity index (χ0n) is 24.3. The highest BCUT2D eigenvalue weighted by Gasteiger charge is 2.44. The summed E-state index contributed by atoms with van der Waals surface area (Å²) in [5.74, 6) is -0.174. The molecule has 11 heteroatoms. The second-order valence-electron chi connectivity index (χ2n) is 12.2. The summed E-state index contributed by atoms with van der Waals surface area (Å²) in [4.78, 5) is 14.4. The minimum Gasteiger partial charge on any atom is -0.496 e. The lowest BCUT2D eigenvalue weighted by Gasteiger charge is -2.36. The lowest BCUT2D eigenvalue weighted by atomic mass is 9.72. The fraction of sp³-hybridized carbons (Fsp3) is 0.516. The first-order chi connectivity index (χ1) is 19.3. The topological polar surface area (TPSA) is 38.8 Å². The minimum atomic E-state index is -5.03. The van der Waals surface area contributed by atoms with Crippen LogP contribution in [0.4, 0.5) is 35.5 Å². The second kappa shape index (κ2) is 11.1. The highest BCUT2D eigenvalue weighted by molar-refractivity contribution is 5.77. The molecule has 0 unspecified atom stereocenters. The van der Waals surface area contributed by atoms with Gasteiger partial charge in [0.1, 0.15) is 17.7 Å². The van der Waals surface area contributed by atoms with Gasteiger partial charge in [0.25, 0.3) is 0 Å². The first kappa shape index (κ1) is 31.7. The predicted molar refractivity (Wildman–Crippen MR) is 143 cm³/mol. The van der Waals surface area contributed by atoms with E-state index in [-0.39, 0.29) is 29.5 Å². The average Bonchev–Trinajstić information content (AvgIpc) is 3.15. The molecule has 0 aromatic heterocycles. The number of amides is 1. The Bertz CT molecular complexity index is 1360. The van der Waals surface area contributed by atoms with Crippen LogP contribution in [0.25, 0.3) is 5.57 Å². The molecule has 0 saturated carbocycles. The summed E-state index contributed by atoms with van der Waals surface area (Å²) in [6, 6.07) is 3.45. The van der Waals surface area contributed by atoms with Crippen LogP contribution in [-0.2, 0) is 17.1 Å². The van der Waals surface area contributed by atoms with Gasteiger partial charge in [-0.1, -0.05) is 27.7 Å². The van der Waals surface area contributed by atoms with Crippen molar-refractivity contribution in [3.8, 4) is 5.75 Å². The van der Waals surface area contributed by atoms with Gasteiger partial charge >= 0.3 is 18.4 Å². The highest BCUT2D eigenvalue weighted by Crippen LogP contribution is 2.47. The van der Waals surface area contributed by atoms with Gasteiger partial charge < -0.3 is 9.47 Å². The molecule has 4 rings (SSSR count). The predicted octanol–water partition coefficient (Wildman–Crippen LogP) is 9.54. The van der Waals surface area contributed by atoms with Crippen LogP contribution in [0.1, 0.15) is 93.7 Å². The molecule has 4 nitrogen and oxygen atoms in total. The van der Waals surface area contributed by atoms with Crippen LogP contribution in [-0.4, -0.2) is 30.7 Å². The maximum atomic E-state index is 14.8. The van der Waals surface area contributed by atoms with Crippen molar-refractivity contribution in [1.82, 2.24) is 4.90 Å². The molecule has 0 bridgehead atoms. The molecule has 230 valence electrons. The van der Waals surface area contributed by atoms with E-state index in [1.807, 2.05) is 13.8 Å². The van der Waals surface area contributed by atoms with E-state index in [4.69, 9.17) is 9.47 Å². The Morgan fingerprint density at radius 1 is 1.02 bits per heavy atom. The molecule has 42 heavy (non-hydrogen) atoms. The molecule has 1 fully saturated rings. The van der Waals surface area contributed by atoms with E-state index in [0.29, 0.717) is 41.9 Å². The van der Waals surface area contributed by atoms with Gasteiger partial charge in [-0.15, -0.1) is 0 Å². The van der Waals surface area contributed by atoms with Crippen molar-refractivity contribution in [2.75, 3.05) is 13.7 Å². The van der Waals surface area contributed by atoms with Crippen molar-refractivity contribution in [2.45, 2.75) is 84.3 Å². The normalized spacial score (nSPS) is 21.3. The van der Waals surface area contributed by atoms with Gasteiger partial charge in [0.2, 0.25) is 0 Å². The molecule has 2 aromatic carbocycles. The lowest BCUT2D eigenvalue weighted by Crippen LogP contribution is -2.35. The van der Waals surface area contributed by atoms with Gasteiger partial charge in [0.15, 0.2) is 0 Å². The largest absolute Gasteiger partial charge is 0.496 e. The van der Waals surface area contributed by atoms with Crippen molar-refractivity contribution < 1.29 is 45.0 Å². The van der Waals surface area contributed by atoms with Gasteiger partial charge in [-0.2, -0.15) is 26.3 Å². The number of alkyl halides is 6. The maximum Gasteiger partial charge on any atom is 0.416 e. The van der Waals surface area contributed by atoms with Crippen LogP contribution < -0.4 is 4.74 Å². The third kappa shape index (κ3) is 6.39. The third-order valence-electron chi connectivity index (χ3n) is 8.13. The van der Waals surface area contributed by atoms with Crippen molar-refractivity contribution >= 4 is 11.7 Å². The number of ether oxygens (including phenoxy) is 2. The zero-order chi connectivity index (χ0) is 31.4. The first-order valence-electron chi connectivity index (χ1n) is 13.7. The van der Waals surface area contributed by atoms with Crippen molar-refractivity contribution in [3.05, 3.63) is 69.5 Å². The Morgan fingerprint density at radius 3 is 2.14 bits per heavy atom. The number of nitrogens with zero attached hydrogens (tertiary/aromatic N) is 1. The summed E-state index contributed by atoms with van der Waals surface area (Å²) in [7, 11) is 1.44. The van der Waals surface area contributed by atoms with Crippen LogP contribution in [0, 0.1) is 11.2 Å². The number of carbonyl (C=O) groups excluding carboxylic acids is 1. The van der Waals surface area contributed by atoms with Crippen molar-refractivity contribution in [2.24, 2.45) is 5.41 Å². The molecule has 1 aliphatic carbocycles. The molecule has 2 aliphatic rings. The van der Waals surface area contributed by atoms with Gasteiger partial charge in [0, 0.05) is 18.2 Å². The average molecular weight is 602 g/mol. The molecular formula is C31H34F7NO3. The third-order valence-corrected chi connectivity index (χ3v) is 8.13. The molecular weight excluding hydrogens is 567 g/mol. The smallest absolute Gasteiger partial charge is 0.416 e. The molecule has 0 radical (unpaired) electrons. The van der Waals surface area contributed by atoms with E-state index in [9.17, 15) is 35.5 Å². The van der Waals surface area contributed by atoms with Gasteiger partial charge in [-0.25, -0.2) is 9.18 Å². The highest BCUT2D eigenvalue weighted by atomic mass is 19.4. The monoisotopic (exact) mass is 601 g/mol. The molecule has 2 atom stereocenters. The summed E-state index contributed by atoms with van der Waals surface area (Å²) in [6.45, 7) is 9.45. The fourth-order valence-corrected chi connectivity index (χ4v) is 5.82. The number of cyclic esters (lactones) is 1. The number of hydrogen-bond acceptors (Lipinski definition) is 3. The van der Waals surface area contributed by atoms with Crippen LogP contribution in [0.3, 0.4) is 0 Å². The molecule has 1 amide bonds. The second-order valence-corrected chi connectivity index (χ2v) is 12.2. The number of benzene rings is 2. The van der Waals surface area contributed by atoms with Crippen LogP contribution in [0.2, 0.25) is 0 Å². The van der Waals surface area contributed by atoms with Gasteiger partial charge in [-0.3, -0.25) is 4.90 Å². The number of allylic oxidation sites excluding steroid dienone is 1. The van der Waals surface area contributed by atoms with Crippen molar-refractivity contribution in [3.63, 3.8) is 0 Å². The fourth-order valence-electron chi connectivity index (χ4n) is 5.82. The number of carbonyl (C=O) groups is 1. The van der Waals surface area contributed by atoms with E-state index in [0.717, 1.165) is 17.6 Å². The van der Waals surface area contributed by atoms with Gasteiger partial charge in [0.05, 0.1) is 24.3 Å². The Hall–Kier alpha value is -3.24. The molecule has 2 aromatic rings. The molecule has 0 spiro atoms. The van der Waals surface area contributed by atoms with E-state index in [1.165, 1.54) is 25.0 Å². The number of halogens is 7. The van der Waals surface area contributed by atoms with Crippen LogP contribution >= 0.6 is 0 Å². The lowest BCUT2D eigenvalue weighted by molar-refractivity contribution is -0.143. The molecule has 1 heterocycles. The number of hydrogen-bond donors (Lipinski definition) is 0. The Labute approximate surface area is 240 Å². The first-order valence-corrected chi connectivity index (χ1v) is 13.7. The van der Waals surface area contributed by atoms with E-state index >= 15 is 0 Å². The summed E-state index contributed by atoms with van der Waals surface area (Å²) < 4.78 is 107. The van der Waals surface area contributed by atoms with Crippen molar-refractivity contribution in [1.29, 1.82) is 0 Å². The van der Waals surface area contributed by atoms with E-state index < -0.39 is 47.5 Å². The maximum absolute atomic E-state index is 14.8. The summed E-state index contributed by atoms with van der Waals surface area (Å²) in [6.07, 6.45) is -10.3. The number of rotatable bonds is 6. The minimum absolute atomic E-state index is 0.0396. The number of methoxy groups -OCH3 is 1. The summed E-state index contributed by atoms with van der Waals surface area (Å²) >= 11 is 0. The SMILES string of the molecule is COc1cc(F)c(C(C)C)cc1C1=C(CN2C(=O)O[C@H](c3cc(C(F)(F)F)cc(C(F)(F)F)c3)[C@H]2C)CC(C)(C)CC1. The molecule has 1 aliphatic heterocycles. The van der Waals surface area contributed by atoms with Crippen LogP contribution in [0.5, 0.6) is 5.75 Å². The van der Waals surface area contributed by atoms with Crippen LogP contribution in [0.15, 0.2) is 35.9 Å². The van der Waals surface area contributed by atoms with E-state index in [1.54, 1.807) is 6.07 Å². The standard InChI is InChI=1S/C31H34F7NO3/c1-16(2)23-12-24(26(41-6)13-25(23)32)22-7-8-29(4,5)14-19(22)15-39-17(3)27(42-28(39)40)18-9-20(30(33,34)35)11-21(10-18)31(36,37)38/h9-13,16-17,27H,7-8,14-15H2,1-6H3/t17-,27+/m1/s1. The summed E-state index contributed by atoms with van der Waals surface area (Å²) in [5.41, 5.74) is -0.582.